The first-order chi connectivity index (χ1) is 18.1. The number of hydrogen-bond acceptors (Lipinski definition) is 3. The topological polar surface area (TPSA) is 29.3 Å². The zero-order chi connectivity index (χ0) is 25.2. The van der Waals surface area contributed by atoms with Crippen LogP contribution in [0.2, 0.25) is 5.02 Å². The predicted octanol–water partition coefficient (Wildman–Crippen LogP) is 8.67. The lowest BCUT2D eigenvalue weighted by Crippen LogP contribution is -1.97. The maximum atomic E-state index is 13.8. The van der Waals surface area contributed by atoms with Gasteiger partial charge < -0.3 is 5.32 Å². The summed E-state index contributed by atoms with van der Waals surface area (Å²) in [4.78, 5) is 6.90. The van der Waals surface area contributed by atoms with E-state index >= 15 is 0 Å². The number of anilines is 2. The normalized spacial score (nSPS) is 10.8. The number of fused-ring (bicyclic) bond motifs is 1. The Bertz CT molecular complexity index is 1780. The van der Waals surface area contributed by atoms with Gasteiger partial charge in [-0.3, -0.25) is 4.40 Å². The summed E-state index contributed by atoms with van der Waals surface area (Å²) >= 11 is 7.63. The third kappa shape index (κ3) is 4.85. The van der Waals surface area contributed by atoms with Crippen LogP contribution >= 0.6 is 22.9 Å². The van der Waals surface area contributed by atoms with Crippen molar-refractivity contribution in [1.29, 1.82) is 0 Å². The van der Waals surface area contributed by atoms with Crippen molar-refractivity contribution in [2.45, 2.75) is 0 Å². The van der Waals surface area contributed by atoms with E-state index in [1.165, 1.54) is 6.07 Å². The molecule has 3 aromatic carbocycles. The molecule has 1 N–H and O–H groups in total. The number of halogens is 2. The van der Waals surface area contributed by atoms with Crippen molar-refractivity contribution in [2.24, 2.45) is 0 Å². The molecule has 0 bridgehead atoms. The van der Waals surface area contributed by atoms with Crippen LogP contribution in [0, 0.1) is 17.7 Å². The highest BCUT2D eigenvalue weighted by Gasteiger charge is 2.17. The predicted molar refractivity (Wildman–Crippen MR) is 151 cm³/mol. The quantitative estimate of drug-likeness (QED) is 0.236. The summed E-state index contributed by atoms with van der Waals surface area (Å²) in [6.45, 7) is 0. The minimum absolute atomic E-state index is 0.0568. The van der Waals surface area contributed by atoms with E-state index in [1.807, 2.05) is 71.3 Å². The van der Waals surface area contributed by atoms with E-state index < -0.39 is 5.82 Å². The summed E-state index contributed by atoms with van der Waals surface area (Å²) < 4.78 is 15.8. The molecule has 0 aliphatic heterocycles. The molecule has 3 aromatic heterocycles. The van der Waals surface area contributed by atoms with Gasteiger partial charge in [-0.15, -0.1) is 11.3 Å². The molecule has 37 heavy (non-hydrogen) atoms. The second-order valence-corrected chi connectivity index (χ2v) is 9.84. The molecule has 0 atom stereocenters. The number of thiophene rings is 1. The third-order valence-corrected chi connectivity index (χ3v) is 7.16. The summed E-state index contributed by atoms with van der Waals surface area (Å²) in [5.74, 6) is 6.77. The van der Waals surface area contributed by atoms with Gasteiger partial charge in [-0.2, -0.15) is 0 Å². The Morgan fingerprint density at radius 3 is 2.38 bits per heavy atom. The van der Waals surface area contributed by atoms with E-state index in [2.05, 4.69) is 41.4 Å². The monoisotopic (exact) mass is 519 g/mol. The number of aromatic nitrogens is 2. The smallest absolute Gasteiger partial charge is 0.144 e. The summed E-state index contributed by atoms with van der Waals surface area (Å²) in [6, 6.07) is 32.8. The highest BCUT2D eigenvalue weighted by Crippen LogP contribution is 2.36. The second kappa shape index (κ2) is 9.94. The molecule has 0 saturated heterocycles. The molecule has 0 saturated carbocycles. The fraction of sp³-hybridized carbons (Fsp3) is 0. The summed E-state index contributed by atoms with van der Waals surface area (Å²) in [5.41, 5.74) is 5.39. The molecule has 6 aromatic rings. The Kier molecular flexibility index (Phi) is 6.20. The minimum Gasteiger partial charge on any atom is -0.339 e. The number of imidazole rings is 1. The molecule has 0 aliphatic carbocycles. The van der Waals surface area contributed by atoms with Gasteiger partial charge in [-0.25, -0.2) is 9.37 Å². The van der Waals surface area contributed by atoms with Crippen molar-refractivity contribution in [2.75, 3.05) is 5.32 Å². The molecule has 0 radical (unpaired) electrons. The van der Waals surface area contributed by atoms with Crippen LogP contribution in [0.3, 0.4) is 0 Å². The molecule has 0 amide bonds. The Balaban J connectivity index is 1.44. The fourth-order valence-corrected chi connectivity index (χ4v) is 5.08. The van der Waals surface area contributed by atoms with Crippen LogP contribution in [0.1, 0.15) is 10.4 Å². The largest absolute Gasteiger partial charge is 0.339 e. The number of rotatable bonds is 4. The van der Waals surface area contributed by atoms with Crippen LogP contribution in [0.15, 0.2) is 109 Å². The standard InChI is InChI=1S/C31H19ClFN3S/c32-26-20-24(12-15-27(26)33)34-31-30(28-16-14-25(37-28)13-11-21-7-3-1-4-8-21)35-29-19-23(17-18-36(29)31)22-9-5-2-6-10-22/h1-10,12,14-20,34H. The first-order valence-corrected chi connectivity index (χ1v) is 12.8. The molecular formula is C31H19ClFN3S. The molecule has 0 fully saturated rings. The van der Waals surface area contributed by atoms with Crippen molar-refractivity contribution in [3.8, 4) is 33.5 Å². The fourth-order valence-electron chi connectivity index (χ4n) is 4.04. The van der Waals surface area contributed by atoms with E-state index in [1.54, 1.807) is 23.5 Å². The number of pyridine rings is 1. The van der Waals surface area contributed by atoms with Crippen molar-refractivity contribution in [3.63, 3.8) is 0 Å². The average Bonchev–Trinajstić information content (AvgIpc) is 3.55. The van der Waals surface area contributed by atoms with Crippen molar-refractivity contribution >= 4 is 40.1 Å². The van der Waals surface area contributed by atoms with Gasteiger partial charge in [0.05, 0.1) is 14.8 Å². The molecule has 6 rings (SSSR count). The van der Waals surface area contributed by atoms with E-state index in [0.29, 0.717) is 5.69 Å². The van der Waals surface area contributed by atoms with Gasteiger partial charge in [0.25, 0.3) is 0 Å². The summed E-state index contributed by atoms with van der Waals surface area (Å²) in [7, 11) is 0. The molecule has 3 nitrogen and oxygen atoms in total. The second-order valence-electron chi connectivity index (χ2n) is 8.35. The molecule has 6 heteroatoms. The molecule has 178 valence electrons. The average molecular weight is 520 g/mol. The first-order valence-electron chi connectivity index (χ1n) is 11.6. The Hall–Kier alpha value is -4.37. The van der Waals surface area contributed by atoms with Crippen molar-refractivity contribution < 1.29 is 4.39 Å². The lowest BCUT2D eigenvalue weighted by Gasteiger charge is -2.09. The van der Waals surface area contributed by atoms with Gasteiger partial charge in [-0.1, -0.05) is 72.0 Å². The number of hydrogen-bond donors (Lipinski definition) is 1. The highest BCUT2D eigenvalue weighted by molar-refractivity contribution is 7.16. The first kappa shape index (κ1) is 23.1. The number of benzene rings is 3. The van der Waals surface area contributed by atoms with Crippen molar-refractivity contribution in [3.05, 3.63) is 131 Å². The third-order valence-electron chi connectivity index (χ3n) is 5.86. The van der Waals surface area contributed by atoms with E-state index in [4.69, 9.17) is 16.6 Å². The van der Waals surface area contributed by atoms with E-state index in [-0.39, 0.29) is 5.02 Å². The zero-order valence-electron chi connectivity index (χ0n) is 19.5. The van der Waals surface area contributed by atoms with Gasteiger partial charge in [0, 0.05) is 17.4 Å². The van der Waals surface area contributed by atoms with Crippen LogP contribution in [0.25, 0.3) is 27.3 Å². The molecule has 0 unspecified atom stereocenters. The van der Waals surface area contributed by atoms with Gasteiger partial charge in [0.2, 0.25) is 0 Å². The lowest BCUT2D eigenvalue weighted by atomic mass is 10.1. The summed E-state index contributed by atoms with van der Waals surface area (Å²) in [6.07, 6.45) is 1.99. The van der Waals surface area contributed by atoms with Crippen LogP contribution < -0.4 is 5.32 Å². The Labute approximate surface area is 222 Å². The molecule has 0 spiro atoms. The SMILES string of the molecule is Fc1ccc(Nc2c(-c3ccc(C#Cc4ccccc4)s3)nc3cc(-c4ccccc4)ccn23)cc1Cl. The summed E-state index contributed by atoms with van der Waals surface area (Å²) in [5, 5.41) is 3.47. The van der Waals surface area contributed by atoms with E-state index in [0.717, 1.165) is 43.6 Å². The number of nitrogens with one attached hydrogen (secondary N) is 1. The van der Waals surface area contributed by atoms with Crippen LogP contribution in [-0.4, -0.2) is 9.38 Å². The zero-order valence-corrected chi connectivity index (χ0v) is 21.0. The van der Waals surface area contributed by atoms with E-state index in [9.17, 15) is 4.39 Å². The van der Waals surface area contributed by atoms with Crippen LogP contribution in [-0.2, 0) is 0 Å². The van der Waals surface area contributed by atoms with Gasteiger partial charge in [0.15, 0.2) is 0 Å². The molecule has 0 aliphatic rings. The van der Waals surface area contributed by atoms with Crippen LogP contribution in [0.4, 0.5) is 15.9 Å². The van der Waals surface area contributed by atoms with Crippen molar-refractivity contribution in [1.82, 2.24) is 9.38 Å². The minimum atomic E-state index is -0.460. The van der Waals surface area contributed by atoms with Crippen LogP contribution in [0.5, 0.6) is 0 Å². The maximum absolute atomic E-state index is 13.8. The number of nitrogens with zero attached hydrogens (tertiary/aromatic N) is 2. The Morgan fingerprint density at radius 1 is 0.811 bits per heavy atom. The van der Waals surface area contributed by atoms with Gasteiger partial charge in [-0.05, 0) is 65.7 Å². The maximum Gasteiger partial charge on any atom is 0.144 e. The Morgan fingerprint density at radius 2 is 1.59 bits per heavy atom. The highest BCUT2D eigenvalue weighted by atomic mass is 35.5. The molecule has 3 heterocycles. The van der Waals surface area contributed by atoms with Gasteiger partial charge in [0.1, 0.15) is 23.0 Å². The van der Waals surface area contributed by atoms with Gasteiger partial charge >= 0.3 is 0 Å². The molecular weight excluding hydrogens is 501 g/mol. The lowest BCUT2D eigenvalue weighted by molar-refractivity contribution is 0.628.